The van der Waals surface area contributed by atoms with Crippen molar-refractivity contribution in [3.63, 3.8) is 0 Å². The highest BCUT2D eigenvalue weighted by molar-refractivity contribution is 5.83. The summed E-state index contributed by atoms with van der Waals surface area (Å²) in [7, 11) is 0. The second-order valence-corrected chi connectivity index (χ2v) is 5.78. The number of amidine groups is 1. The zero-order valence-corrected chi connectivity index (χ0v) is 11.5. The number of hydrogen-bond acceptors (Lipinski definition) is 4. The zero-order valence-electron chi connectivity index (χ0n) is 11.5. The van der Waals surface area contributed by atoms with E-state index in [0.717, 1.165) is 12.8 Å². The lowest BCUT2D eigenvalue weighted by atomic mass is 9.93. The van der Waals surface area contributed by atoms with E-state index in [9.17, 15) is 4.79 Å². The van der Waals surface area contributed by atoms with Gasteiger partial charge in [-0.15, -0.1) is 0 Å². The molecule has 2 atom stereocenters. The van der Waals surface area contributed by atoms with E-state index < -0.39 is 5.60 Å². The largest absolute Gasteiger partial charge is 0.444 e. The molecule has 0 aliphatic carbocycles. The number of likely N-dealkylation sites (tertiary alicyclic amines) is 1. The maximum absolute atomic E-state index is 12.0. The molecule has 2 unspecified atom stereocenters. The number of nitrogens with zero attached hydrogens (tertiary/aromatic N) is 2. The van der Waals surface area contributed by atoms with Crippen LogP contribution >= 0.6 is 0 Å². The second kappa shape index (κ2) is 5.46. The Morgan fingerprint density at radius 1 is 1.44 bits per heavy atom. The van der Waals surface area contributed by atoms with E-state index in [2.05, 4.69) is 5.16 Å². The summed E-state index contributed by atoms with van der Waals surface area (Å²) in [5.74, 6) is 0.0779. The molecule has 0 aromatic carbocycles. The Kier molecular flexibility index (Phi) is 4.43. The highest BCUT2D eigenvalue weighted by Crippen LogP contribution is 2.24. The number of piperidine rings is 1. The van der Waals surface area contributed by atoms with Crippen molar-refractivity contribution in [2.24, 2.45) is 16.8 Å². The van der Waals surface area contributed by atoms with Crippen LogP contribution in [0.2, 0.25) is 0 Å². The number of carbonyl (C=O) groups is 1. The van der Waals surface area contributed by atoms with Crippen molar-refractivity contribution in [2.75, 3.05) is 6.54 Å². The minimum atomic E-state index is -0.514. The lowest BCUT2D eigenvalue weighted by molar-refractivity contribution is 0.00892. The molecule has 1 amide bonds. The molecular weight excluding hydrogens is 234 g/mol. The molecule has 18 heavy (non-hydrogen) atoms. The average molecular weight is 257 g/mol. The third kappa shape index (κ3) is 3.78. The molecule has 0 radical (unpaired) electrons. The van der Waals surface area contributed by atoms with E-state index in [-0.39, 0.29) is 23.9 Å². The smallest absolute Gasteiger partial charge is 0.410 e. The van der Waals surface area contributed by atoms with Crippen molar-refractivity contribution in [3.05, 3.63) is 0 Å². The molecule has 0 saturated carbocycles. The molecule has 1 rings (SSSR count). The van der Waals surface area contributed by atoms with Crippen molar-refractivity contribution in [1.29, 1.82) is 0 Å². The minimum Gasteiger partial charge on any atom is -0.444 e. The summed E-state index contributed by atoms with van der Waals surface area (Å²) >= 11 is 0. The van der Waals surface area contributed by atoms with Crippen molar-refractivity contribution >= 4 is 11.9 Å². The molecule has 1 fully saturated rings. The van der Waals surface area contributed by atoms with Gasteiger partial charge >= 0.3 is 6.09 Å². The Hall–Kier alpha value is -1.46. The predicted octanol–water partition coefficient (Wildman–Crippen LogP) is 1.77. The third-order valence-electron chi connectivity index (χ3n) is 3.04. The van der Waals surface area contributed by atoms with Crippen molar-refractivity contribution in [2.45, 2.75) is 52.2 Å². The van der Waals surface area contributed by atoms with Gasteiger partial charge in [-0.05, 0) is 40.5 Å². The summed E-state index contributed by atoms with van der Waals surface area (Å²) in [5.41, 5.74) is 5.09. The van der Waals surface area contributed by atoms with Gasteiger partial charge in [0.2, 0.25) is 0 Å². The van der Waals surface area contributed by atoms with E-state index in [4.69, 9.17) is 15.7 Å². The molecular formula is C12H23N3O3. The fourth-order valence-electron chi connectivity index (χ4n) is 2.00. The number of amides is 1. The van der Waals surface area contributed by atoms with Crippen LogP contribution in [0.5, 0.6) is 0 Å². The lowest BCUT2D eigenvalue weighted by Gasteiger charge is -2.38. The normalized spacial score (nSPS) is 26.0. The van der Waals surface area contributed by atoms with Crippen LogP contribution < -0.4 is 5.73 Å². The Morgan fingerprint density at radius 2 is 2.06 bits per heavy atom. The van der Waals surface area contributed by atoms with Crippen molar-refractivity contribution in [1.82, 2.24) is 4.90 Å². The lowest BCUT2D eigenvalue weighted by Crippen LogP contribution is -2.50. The molecule has 0 spiro atoms. The molecule has 1 heterocycles. The molecule has 1 aliphatic heterocycles. The molecule has 6 heteroatoms. The summed E-state index contributed by atoms with van der Waals surface area (Å²) in [5, 5.41) is 11.7. The molecule has 0 aromatic heterocycles. The topological polar surface area (TPSA) is 88.2 Å². The summed E-state index contributed by atoms with van der Waals surface area (Å²) in [4.78, 5) is 13.7. The maximum Gasteiger partial charge on any atom is 0.410 e. The highest BCUT2D eigenvalue weighted by atomic mass is 16.6. The zero-order chi connectivity index (χ0) is 13.9. The van der Waals surface area contributed by atoms with E-state index in [1.165, 1.54) is 0 Å². The molecule has 6 nitrogen and oxygen atoms in total. The first-order valence-electron chi connectivity index (χ1n) is 6.21. The Bertz CT molecular complexity index is 336. The highest BCUT2D eigenvalue weighted by Gasteiger charge is 2.33. The van der Waals surface area contributed by atoms with Gasteiger partial charge in [0, 0.05) is 18.5 Å². The van der Waals surface area contributed by atoms with Gasteiger partial charge in [-0.3, -0.25) is 0 Å². The van der Waals surface area contributed by atoms with Gasteiger partial charge in [-0.2, -0.15) is 0 Å². The van der Waals surface area contributed by atoms with Gasteiger partial charge in [0.15, 0.2) is 0 Å². The average Bonchev–Trinajstić information content (AvgIpc) is 2.26. The fraction of sp³-hybridized carbons (Fsp3) is 0.833. The van der Waals surface area contributed by atoms with E-state index in [1.807, 2.05) is 27.7 Å². The van der Waals surface area contributed by atoms with Gasteiger partial charge in [-0.1, -0.05) is 5.16 Å². The van der Waals surface area contributed by atoms with Crippen LogP contribution in [0.4, 0.5) is 4.79 Å². The van der Waals surface area contributed by atoms with Crippen molar-refractivity contribution < 1.29 is 14.7 Å². The number of oxime groups is 1. The summed E-state index contributed by atoms with van der Waals surface area (Å²) in [6.07, 6.45) is 1.29. The third-order valence-corrected chi connectivity index (χ3v) is 3.04. The summed E-state index contributed by atoms with van der Waals surface area (Å²) < 4.78 is 5.35. The molecule has 3 N–H and O–H groups in total. The van der Waals surface area contributed by atoms with Crippen LogP contribution in [0.1, 0.15) is 40.5 Å². The van der Waals surface area contributed by atoms with Gasteiger partial charge in [0.25, 0.3) is 0 Å². The number of ether oxygens (including phenoxy) is 1. The van der Waals surface area contributed by atoms with Gasteiger partial charge in [0.1, 0.15) is 11.4 Å². The molecule has 1 saturated heterocycles. The predicted molar refractivity (Wildman–Crippen MR) is 68.5 cm³/mol. The maximum atomic E-state index is 12.0. The molecule has 0 bridgehead atoms. The minimum absolute atomic E-state index is 0.0984. The van der Waals surface area contributed by atoms with Gasteiger partial charge in [-0.25, -0.2) is 4.79 Å². The summed E-state index contributed by atoms with van der Waals surface area (Å²) in [6, 6.07) is 0.114. The second-order valence-electron chi connectivity index (χ2n) is 5.78. The van der Waals surface area contributed by atoms with Crippen LogP contribution in [0.3, 0.4) is 0 Å². The number of hydrogen-bond donors (Lipinski definition) is 2. The Balaban J connectivity index is 2.71. The van der Waals surface area contributed by atoms with Crippen LogP contribution in [0, 0.1) is 5.92 Å². The number of nitrogens with two attached hydrogens (primary N) is 1. The summed E-state index contributed by atoms with van der Waals surface area (Å²) in [6.45, 7) is 7.92. The first-order valence-corrected chi connectivity index (χ1v) is 6.21. The SMILES string of the molecule is CC1CCC(/C(N)=N/O)CN1C(=O)OC(C)(C)C. The van der Waals surface area contributed by atoms with E-state index in [0.29, 0.717) is 6.54 Å². The molecule has 0 aromatic rings. The fourth-order valence-corrected chi connectivity index (χ4v) is 2.00. The van der Waals surface area contributed by atoms with Crippen LogP contribution in [-0.4, -0.2) is 40.2 Å². The van der Waals surface area contributed by atoms with E-state index >= 15 is 0 Å². The quantitative estimate of drug-likeness (QED) is 0.324. The standard InChI is InChI=1S/C12H23N3O3/c1-8-5-6-9(10(13)14-17)7-15(8)11(16)18-12(2,3)4/h8-9,17H,5-7H2,1-4H3,(H2,13,14). The van der Waals surface area contributed by atoms with Gasteiger partial charge in [0.05, 0.1) is 0 Å². The Labute approximate surface area is 108 Å². The van der Waals surface area contributed by atoms with Crippen LogP contribution in [-0.2, 0) is 4.74 Å². The Morgan fingerprint density at radius 3 is 2.56 bits per heavy atom. The van der Waals surface area contributed by atoms with Crippen LogP contribution in [0.15, 0.2) is 5.16 Å². The van der Waals surface area contributed by atoms with Crippen molar-refractivity contribution in [3.8, 4) is 0 Å². The first kappa shape index (κ1) is 14.6. The number of carbonyl (C=O) groups excluding carboxylic acids is 1. The van der Waals surface area contributed by atoms with E-state index in [1.54, 1.807) is 4.90 Å². The monoisotopic (exact) mass is 257 g/mol. The number of rotatable bonds is 1. The molecule has 1 aliphatic rings. The van der Waals surface area contributed by atoms with Gasteiger partial charge < -0.3 is 20.6 Å². The van der Waals surface area contributed by atoms with Crippen LogP contribution in [0.25, 0.3) is 0 Å². The first-order chi connectivity index (χ1) is 8.24. The molecule has 104 valence electrons.